The Hall–Kier alpha value is -11.1. The van der Waals surface area contributed by atoms with Crippen molar-refractivity contribution in [3.63, 3.8) is 0 Å². The number of nitrogen functional groups attached to an aromatic ring is 4. The van der Waals surface area contributed by atoms with E-state index in [1.54, 1.807) is 31.0 Å². The van der Waals surface area contributed by atoms with E-state index in [-0.39, 0.29) is 40.0 Å². The summed E-state index contributed by atoms with van der Waals surface area (Å²) in [6, 6.07) is 21.1. The average molecular weight is 2030 g/mol. The molecule has 0 aromatic carbocycles. The first kappa shape index (κ1) is 98.6. The molecule has 8 aliphatic rings. The lowest BCUT2D eigenvalue weighted by molar-refractivity contribution is 0.0974. The maximum atomic E-state index is 6.49. The fraction of sp³-hybridized carbons (Fsp3) is 0.423. The molecular weight excluding hydrogens is 1900 g/mol. The molecule has 0 amide bonds. The van der Waals surface area contributed by atoms with Gasteiger partial charge >= 0.3 is 0 Å². The lowest BCUT2D eigenvalue weighted by Gasteiger charge is -2.43. The van der Waals surface area contributed by atoms with Gasteiger partial charge in [0.05, 0.1) is 51.0 Å². The molecule has 3 spiro atoms. The molecule has 31 nitrogen and oxygen atoms in total. The summed E-state index contributed by atoms with van der Waals surface area (Å²) in [4.78, 5) is 55.7. The Labute approximate surface area is 851 Å². The van der Waals surface area contributed by atoms with Gasteiger partial charge in [0.2, 0.25) is 0 Å². The number of nitrogens with two attached hydrogens (primary N) is 9. The third-order valence-corrected chi connectivity index (χ3v) is 34.0. The maximum absolute atomic E-state index is 6.49. The van der Waals surface area contributed by atoms with Crippen LogP contribution in [0.4, 0.5) is 52.4 Å². The number of hydrogen-bond donors (Lipinski definition) is 9. The first-order valence-corrected chi connectivity index (χ1v) is 50.9. The molecule has 23 rings (SSSR count). The molecule has 1 aliphatic carbocycles. The number of nitrogens with zero attached hydrogens (tertiary/aromatic N) is 20. The Morgan fingerprint density at radius 1 is 0.355 bits per heavy atom. The van der Waals surface area contributed by atoms with Crippen molar-refractivity contribution in [2.75, 3.05) is 139 Å². The van der Waals surface area contributed by atoms with E-state index in [0.29, 0.717) is 71.6 Å². The topological polar surface area (TPSA) is 420 Å². The van der Waals surface area contributed by atoms with E-state index in [2.05, 4.69) is 182 Å². The normalized spacial score (nSPS) is 20.1. The van der Waals surface area contributed by atoms with Gasteiger partial charge in [-0.15, -0.1) is 0 Å². The molecule has 4 unspecified atom stereocenters. The van der Waals surface area contributed by atoms with E-state index in [4.69, 9.17) is 131 Å². The van der Waals surface area contributed by atoms with Gasteiger partial charge in [0.15, 0.2) is 0 Å². The fourth-order valence-electron chi connectivity index (χ4n) is 22.7. The number of rotatable bonds is 11. The van der Waals surface area contributed by atoms with E-state index in [1.807, 2.05) is 92.3 Å². The number of fused-ring (bicyclic) bond motifs is 5. The summed E-state index contributed by atoms with van der Waals surface area (Å²) in [5.41, 5.74) is 75.2. The zero-order valence-electron chi connectivity index (χ0n) is 81.1. The zero-order chi connectivity index (χ0) is 99.0. The highest BCUT2D eigenvalue weighted by Crippen LogP contribution is 2.51. The molecule has 15 aromatic rings. The van der Waals surface area contributed by atoms with Gasteiger partial charge in [-0.05, 0) is 231 Å². The molecule has 0 bridgehead atoms. The standard InChI is InChI=1S/C22H27ClN6O.C22H27ClN6.C21H25ClN6O.C20H25ClN6.C19H21Cl2N5/c1-13-11-16(28-8-4-22(5-9-28)12-30-14(2)19(22)24)29-10-7-27-21(29)17(13)15-3-6-26-20(25)18(15)23;1-14-13-17(28-10-6-22(7-11-28)5-2-3-16(22)24)29-12-9-27-21(29)18(14)15-4-8-26-20(25)19(15)23;1-13-10-16(27-7-3-21(4-8-27)12-29-11-15(21)23)28-9-6-26-20(28)17(13)14-2-5-25-19(24)18(14)22;1-13-11-15(26-8-4-20(2,12-22)5-9-26)27-10-7-25-19(27)16(13)14-3-6-24-18(23)17(14)21;1-12-11-14(25-8-4-19(2,22)5-9-25)26-10-7-24-18(26)15(12)13-3-6-23-17(21)16(13)20/h3,6-7,10-11,14,19H,4-5,8-9,12,24H2,1-2H3,(H2,25,26);4,8-9,12-13,16H,2-3,5-7,10-11,24H2,1H3,(H2,25,26);2,5-6,9-10,15H,3-4,7-8,11-12,23H2,1H3,(H2,24,25);3,6-7,10-11H,4-5,8-9,12,22H2,1-2H3,(H2,23,24);3,6-7,10-11H,4-5,8-9,22H2,1-2H3. The highest BCUT2D eigenvalue weighted by atomic mass is 35.5. The largest absolute Gasteiger partial charge is 0.382 e. The second-order valence-corrected chi connectivity index (χ2v) is 42.7. The lowest BCUT2D eigenvalue weighted by Crippen LogP contribution is -2.50. The minimum atomic E-state index is -0.0825. The van der Waals surface area contributed by atoms with Crippen LogP contribution in [0.1, 0.15) is 132 Å². The molecule has 15 aromatic heterocycles. The second kappa shape index (κ2) is 39.9. The summed E-state index contributed by atoms with van der Waals surface area (Å²) in [6.45, 7) is 29.6. The summed E-state index contributed by atoms with van der Waals surface area (Å²) in [6.07, 6.45) is 42.0. The predicted molar refractivity (Wildman–Crippen MR) is 572 cm³/mol. The molecule has 8 fully saturated rings. The third-order valence-electron chi connectivity index (χ3n) is 31.7. The molecule has 22 heterocycles. The monoisotopic (exact) mass is 2020 g/mol. The summed E-state index contributed by atoms with van der Waals surface area (Å²) >= 11 is 38.5. The molecule has 37 heteroatoms. The first-order chi connectivity index (χ1) is 67.7. The highest BCUT2D eigenvalue weighted by molar-refractivity contribution is 6.43. The van der Waals surface area contributed by atoms with Gasteiger partial charge in [0.25, 0.3) is 0 Å². The summed E-state index contributed by atoms with van der Waals surface area (Å²) in [5.74, 6) is 7.06. The molecule has 141 heavy (non-hydrogen) atoms. The van der Waals surface area contributed by atoms with Crippen molar-refractivity contribution in [3.05, 3.63) is 212 Å². The minimum Gasteiger partial charge on any atom is -0.382 e. The van der Waals surface area contributed by atoms with E-state index < -0.39 is 0 Å². The molecule has 1 saturated carbocycles. The molecular formula is C104H125Cl6N29O2. The van der Waals surface area contributed by atoms with Crippen LogP contribution < -0.4 is 76.1 Å². The Bertz CT molecular complexity index is 6980. The van der Waals surface area contributed by atoms with Crippen LogP contribution in [0, 0.1) is 56.3 Å². The van der Waals surface area contributed by atoms with Crippen LogP contribution in [0.25, 0.3) is 83.9 Å². The molecule has 0 radical (unpaired) electrons. The van der Waals surface area contributed by atoms with Gasteiger partial charge in [-0.1, -0.05) is 83.0 Å². The van der Waals surface area contributed by atoms with E-state index in [0.717, 1.165) is 284 Å². The van der Waals surface area contributed by atoms with Crippen molar-refractivity contribution in [1.29, 1.82) is 0 Å². The number of pyridine rings is 10. The highest BCUT2D eigenvalue weighted by Gasteiger charge is 2.49. The Morgan fingerprint density at radius 2 is 0.645 bits per heavy atom. The van der Waals surface area contributed by atoms with Crippen molar-refractivity contribution >= 4 is 150 Å². The SMILES string of the molecule is Cc1cc(N2CCC(C)(CN)CC2)n2ccnc2c1-c1ccnc(N)c1Cl.Cc1cc(N2CCC(C)(N)CC2)n2ccnc2c1-c1ccnc(Cl)c1Cl.Cc1cc(N2CCC3(CC2)COC(C)C3N)n2ccnc2c1-c1ccnc(N)c1Cl.Cc1cc(N2CCC3(CC2)COCC3N)n2ccnc2c1-c1ccnc(N)c1Cl.Cc1cc(N2CCC3(CCCC3N)CC2)n2ccnc2c1-c1ccnc(N)c1Cl. The number of imidazole rings is 5. The van der Waals surface area contributed by atoms with Crippen LogP contribution in [-0.4, -0.2) is 193 Å². The summed E-state index contributed by atoms with van der Waals surface area (Å²) in [5, 5.41) is 2.62. The lowest BCUT2D eigenvalue weighted by atomic mass is 9.73. The zero-order valence-corrected chi connectivity index (χ0v) is 85.6. The van der Waals surface area contributed by atoms with Crippen molar-refractivity contribution < 1.29 is 9.47 Å². The van der Waals surface area contributed by atoms with Gasteiger partial charge in [0, 0.05) is 249 Å². The predicted octanol–water partition coefficient (Wildman–Crippen LogP) is 18.0. The van der Waals surface area contributed by atoms with Crippen LogP contribution in [0.3, 0.4) is 0 Å². The Balaban J connectivity index is 0.000000112. The summed E-state index contributed by atoms with van der Waals surface area (Å²) < 4.78 is 22.2. The quantitative estimate of drug-likeness (QED) is 0.0543. The van der Waals surface area contributed by atoms with Gasteiger partial charge in [-0.3, -0.25) is 22.0 Å². The van der Waals surface area contributed by atoms with Crippen molar-refractivity contribution in [2.45, 2.75) is 169 Å². The number of ether oxygens (including phenoxy) is 2. The Morgan fingerprint density at radius 3 is 0.929 bits per heavy atom. The number of aryl methyl sites for hydroxylation is 5. The van der Waals surface area contributed by atoms with Gasteiger partial charge in [-0.25, -0.2) is 49.8 Å². The second-order valence-electron chi connectivity index (χ2n) is 40.5. The van der Waals surface area contributed by atoms with Gasteiger partial charge in [-0.2, -0.15) is 0 Å². The van der Waals surface area contributed by atoms with Crippen molar-refractivity contribution in [1.82, 2.24) is 71.8 Å². The van der Waals surface area contributed by atoms with Crippen LogP contribution in [0.15, 0.2) is 154 Å². The van der Waals surface area contributed by atoms with Crippen molar-refractivity contribution in [3.8, 4) is 55.6 Å². The number of piperidine rings is 5. The molecule has 4 atom stereocenters. The van der Waals surface area contributed by atoms with Crippen LogP contribution >= 0.6 is 69.6 Å². The molecule has 7 aliphatic heterocycles. The van der Waals surface area contributed by atoms with Crippen molar-refractivity contribution in [2.24, 2.45) is 50.3 Å². The van der Waals surface area contributed by atoms with Crippen LogP contribution in [0.2, 0.25) is 30.3 Å². The van der Waals surface area contributed by atoms with Crippen LogP contribution in [0.5, 0.6) is 0 Å². The molecule has 7 saturated heterocycles. The van der Waals surface area contributed by atoms with Gasteiger partial charge in [0.1, 0.15) is 85.7 Å². The Kier molecular flexibility index (Phi) is 27.9. The average Bonchev–Trinajstić information content (AvgIpc) is 1.66. The van der Waals surface area contributed by atoms with Gasteiger partial charge < -0.3 is 85.6 Å². The minimum absolute atomic E-state index is 0.0825. The number of aromatic nitrogens is 15. The van der Waals surface area contributed by atoms with E-state index in [1.165, 1.54) is 25.1 Å². The maximum Gasteiger partial charge on any atom is 0.148 e. The third kappa shape index (κ3) is 18.6. The number of halogens is 6. The fourth-order valence-corrected chi connectivity index (χ4v) is 23.9. The molecule has 740 valence electrons. The van der Waals surface area contributed by atoms with E-state index >= 15 is 0 Å². The van der Waals surface area contributed by atoms with E-state index in [9.17, 15) is 0 Å². The number of anilines is 9. The number of hydrogen-bond acceptors (Lipinski definition) is 26. The molecule has 18 N–H and O–H groups in total. The smallest absolute Gasteiger partial charge is 0.148 e. The van der Waals surface area contributed by atoms with Crippen LogP contribution in [-0.2, 0) is 9.47 Å². The summed E-state index contributed by atoms with van der Waals surface area (Å²) in [7, 11) is 0. The first-order valence-electron chi connectivity index (χ1n) is 48.7.